The Morgan fingerprint density at radius 3 is 2.71 bits per heavy atom. The summed E-state index contributed by atoms with van der Waals surface area (Å²) in [5.41, 5.74) is 6.33. The molecule has 4 nitrogen and oxygen atoms in total. The fourth-order valence-electron chi connectivity index (χ4n) is 2.72. The molecule has 0 radical (unpaired) electrons. The molecule has 0 aliphatic heterocycles. The van der Waals surface area contributed by atoms with Crippen molar-refractivity contribution in [3.8, 4) is 5.75 Å². The first-order chi connectivity index (χ1) is 10.2. The molecule has 1 amide bonds. The highest BCUT2D eigenvalue weighted by molar-refractivity contribution is 8.00. The minimum absolute atomic E-state index is 0.0126. The van der Waals surface area contributed by atoms with Gasteiger partial charge in [-0.25, -0.2) is 0 Å². The molecule has 0 heterocycles. The highest BCUT2D eigenvalue weighted by Crippen LogP contribution is 2.37. The number of rotatable bonds is 6. The van der Waals surface area contributed by atoms with Gasteiger partial charge in [-0.2, -0.15) is 11.8 Å². The van der Waals surface area contributed by atoms with Crippen molar-refractivity contribution >= 4 is 23.4 Å². The average molecular weight is 308 g/mol. The van der Waals surface area contributed by atoms with Crippen LogP contribution in [0.25, 0.3) is 0 Å². The highest BCUT2D eigenvalue weighted by Gasteiger charge is 2.31. The maximum Gasteiger partial charge on any atom is 0.257 e. The molecule has 0 saturated heterocycles. The molecule has 1 aliphatic rings. The van der Waals surface area contributed by atoms with Crippen LogP contribution in [0, 0.1) is 0 Å². The molecule has 1 aromatic carbocycles. The van der Waals surface area contributed by atoms with Crippen molar-refractivity contribution in [3.63, 3.8) is 0 Å². The van der Waals surface area contributed by atoms with Crippen molar-refractivity contribution in [1.29, 1.82) is 0 Å². The number of amides is 1. The number of nitrogens with one attached hydrogen (secondary N) is 1. The largest absolute Gasteiger partial charge is 0.482 e. The average Bonchev–Trinajstić information content (AvgIpc) is 2.53. The van der Waals surface area contributed by atoms with Crippen LogP contribution in [-0.4, -0.2) is 30.1 Å². The number of nitrogens with two attached hydrogens (primary N) is 1. The number of ether oxygens (including phenoxy) is 1. The third-order valence-corrected chi connectivity index (χ3v) is 5.50. The summed E-state index contributed by atoms with van der Waals surface area (Å²) >= 11 is 1.88. The number of hydrogen-bond acceptors (Lipinski definition) is 4. The second-order valence-corrected chi connectivity index (χ2v) is 6.83. The van der Waals surface area contributed by atoms with E-state index in [2.05, 4.69) is 11.6 Å². The lowest BCUT2D eigenvalue weighted by molar-refractivity contribution is -0.123. The molecule has 0 unspecified atom stereocenters. The number of benzene rings is 1. The van der Waals surface area contributed by atoms with E-state index >= 15 is 0 Å². The molecule has 116 valence electrons. The van der Waals surface area contributed by atoms with E-state index in [0.29, 0.717) is 11.4 Å². The van der Waals surface area contributed by atoms with Crippen LogP contribution >= 0.6 is 11.8 Å². The zero-order valence-corrected chi connectivity index (χ0v) is 13.4. The first-order valence-corrected chi connectivity index (χ1v) is 8.67. The van der Waals surface area contributed by atoms with Gasteiger partial charge in [-0.1, -0.05) is 31.4 Å². The van der Waals surface area contributed by atoms with E-state index in [0.717, 1.165) is 6.54 Å². The first kappa shape index (κ1) is 16.0. The van der Waals surface area contributed by atoms with Crippen LogP contribution in [0.2, 0.25) is 0 Å². The summed E-state index contributed by atoms with van der Waals surface area (Å²) in [4.78, 5) is 11.9. The third-order valence-electron chi connectivity index (χ3n) is 4.08. The van der Waals surface area contributed by atoms with Crippen molar-refractivity contribution < 1.29 is 9.53 Å². The lowest BCUT2D eigenvalue weighted by Crippen LogP contribution is -2.43. The fourth-order valence-corrected chi connectivity index (χ4v) is 3.63. The Morgan fingerprint density at radius 2 is 2.05 bits per heavy atom. The number of hydrogen-bond donors (Lipinski definition) is 2. The number of carbonyl (C=O) groups is 1. The standard InChI is InChI=1S/C16H24N2O2S/c1-21-16(9-5-2-6-10-16)12-18-15(19)11-20-14-8-4-3-7-13(14)17/h3-4,7-8H,2,5-6,9-12,17H2,1H3,(H,18,19). The molecular formula is C16H24N2O2S. The molecule has 1 fully saturated rings. The fraction of sp³-hybridized carbons (Fsp3) is 0.562. The topological polar surface area (TPSA) is 64.3 Å². The molecule has 1 aromatic rings. The lowest BCUT2D eigenvalue weighted by atomic mass is 9.88. The summed E-state index contributed by atoms with van der Waals surface area (Å²) in [6.07, 6.45) is 8.33. The summed E-state index contributed by atoms with van der Waals surface area (Å²) in [5, 5.41) is 3.01. The zero-order chi connectivity index (χ0) is 15.1. The van der Waals surface area contributed by atoms with E-state index in [1.807, 2.05) is 23.9 Å². The molecule has 0 aromatic heterocycles. The van der Waals surface area contributed by atoms with Gasteiger partial charge in [-0.05, 0) is 31.2 Å². The molecule has 2 rings (SSSR count). The number of carbonyl (C=O) groups excluding carboxylic acids is 1. The van der Waals surface area contributed by atoms with Gasteiger partial charge in [0.05, 0.1) is 5.69 Å². The number of nitrogen functional groups attached to an aromatic ring is 1. The Hall–Kier alpha value is -1.36. The van der Waals surface area contributed by atoms with Crippen LogP contribution in [0.5, 0.6) is 5.75 Å². The smallest absolute Gasteiger partial charge is 0.257 e. The van der Waals surface area contributed by atoms with Gasteiger partial charge in [0.1, 0.15) is 5.75 Å². The first-order valence-electron chi connectivity index (χ1n) is 7.44. The molecule has 1 aliphatic carbocycles. The molecular weight excluding hydrogens is 284 g/mol. The molecule has 0 spiro atoms. The Kier molecular flexibility index (Phi) is 5.79. The van der Waals surface area contributed by atoms with Gasteiger partial charge in [0.15, 0.2) is 6.61 Å². The van der Waals surface area contributed by atoms with E-state index in [9.17, 15) is 4.79 Å². The molecule has 1 saturated carbocycles. The van der Waals surface area contributed by atoms with Crippen LogP contribution in [0.15, 0.2) is 24.3 Å². The monoisotopic (exact) mass is 308 g/mol. The van der Waals surface area contributed by atoms with Crippen molar-refractivity contribution in [2.75, 3.05) is 25.1 Å². The second-order valence-electron chi connectivity index (χ2n) is 5.55. The van der Waals surface area contributed by atoms with Crippen molar-refractivity contribution in [2.24, 2.45) is 0 Å². The summed E-state index contributed by atoms with van der Waals surface area (Å²) in [6, 6.07) is 7.22. The minimum atomic E-state index is -0.0859. The predicted molar refractivity (Wildman–Crippen MR) is 88.7 cm³/mol. The maximum absolute atomic E-state index is 11.9. The number of thioether (sulfide) groups is 1. The predicted octanol–water partition coefficient (Wildman–Crippen LogP) is 2.83. The molecule has 0 atom stereocenters. The summed E-state index contributed by atoms with van der Waals surface area (Å²) in [5.74, 6) is 0.474. The second kappa shape index (κ2) is 7.59. The van der Waals surface area contributed by atoms with Crippen LogP contribution in [0.1, 0.15) is 32.1 Å². The van der Waals surface area contributed by atoms with Gasteiger partial charge in [0.25, 0.3) is 5.91 Å². The highest BCUT2D eigenvalue weighted by atomic mass is 32.2. The van der Waals surface area contributed by atoms with Gasteiger partial charge in [-0.3, -0.25) is 4.79 Å². The summed E-state index contributed by atoms with van der Waals surface area (Å²) in [7, 11) is 0. The van der Waals surface area contributed by atoms with E-state index < -0.39 is 0 Å². The van der Waals surface area contributed by atoms with E-state index in [4.69, 9.17) is 10.5 Å². The Balaban J connectivity index is 1.78. The number of anilines is 1. The van der Waals surface area contributed by atoms with Gasteiger partial charge >= 0.3 is 0 Å². The van der Waals surface area contributed by atoms with Crippen LogP contribution in [0.3, 0.4) is 0 Å². The maximum atomic E-state index is 11.9. The van der Waals surface area contributed by atoms with E-state index in [-0.39, 0.29) is 17.3 Å². The zero-order valence-electron chi connectivity index (χ0n) is 12.6. The molecule has 3 N–H and O–H groups in total. The normalized spacial score (nSPS) is 17.2. The van der Waals surface area contributed by atoms with Crippen molar-refractivity contribution in [2.45, 2.75) is 36.9 Å². The Bertz CT molecular complexity index is 473. The molecule has 0 bridgehead atoms. The molecule has 5 heteroatoms. The Labute approximate surface area is 130 Å². The van der Waals surface area contributed by atoms with Gasteiger partial charge in [-0.15, -0.1) is 0 Å². The summed E-state index contributed by atoms with van der Waals surface area (Å²) in [6.45, 7) is 0.735. The quantitative estimate of drug-likeness (QED) is 0.793. The van der Waals surface area contributed by atoms with E-state index in [1.54, 1.807) is 12.1 Å². The van der Waals surface area contributed by atoms with Crippen molar-refractivity contribution in [1.82, 2.24) is 5.32 Å². The SMILES string of the molecule is CSC1(CNC(=O)COc2ccccc2N)CCCCC1. The van der Waals surface area contributed by atoms with Gasteiger partial charge in [0.2, 0.25) is 0 Å². The van der Waals surface area contributed by atoms with Crippen LogP contribution in [-0.2, 0) is 4.79 Å². The van der Waals surface area contributed by atoms with Crippen LogP contribution < -0.4 is 15.8 Å². The van der Waals surface area contributed by atoms with Crippen molar-refractivity contribution in [3.05, 3.63) is 24.3 Å². The molecule has 21 heavy (non-hydrogen) atoms. The Morgan fingerprint density at radius 1 is 1.33 bits per heavy atom. The summed E-state index contributed by atoms with van der Waals surface area (Å²) < 4.78 is 5.67. The van der Waals surface area contributed by atoms with E-state index in [1.165, 1.54) is 32.1 Å². The van der Waals surface area contributed by atoms with Gasteiger partial charge < -0.3 is 15.8 Å². The van der Waals surface area contributed by atoms with Gasteiger partial charge in [0, 0.05) is 11.3 Å². The lowest BCUT2D eigenvalue weighted by Gasteiger charge is -2.35. The van der Waals surface area contributed by atoms with Crippen LogP contribution in [0.4, 0.5) is 5.69 Å². The minimum Gasteiger partial charge on any atom is -0.482 e. The third kappa shape index (κ3) is 4.56. The number of para-hydroxylation sites is 2.